The van der Waals surface area contributed by atoms with Gasteiger partial charge in [-0.3, -0.25) is 0 Å². The lowest BCUT2D eigenvalue weighted by Crippen LogP contribution is -2.32. The minimum absolute atomic E-state index is 0.312. The molecule has 0 aliphatic heterocycles. The van der Waals surface area contributed by atoms with Crippen LogP contribution < -0.4 is 5.32 Å². The average Bonchev–Trinajstić information content (AvgIpc) is 2.34. The van der Waals surface area contributed by atoms with Crippen LogP contribution in [0.3, 0.4) is 0 Å². The second-order valence-corrected chi connectivity index (χ2v) is 6.10. The Kier molecular flexibility index (Phi) is 11.5. The van der Waals surface area contributed by atoms with Crippen LogP contribution in [0.2, 0.25) is 0 Å². The van der Waals surface area contributed by atoms with E-state index in [1.165, 1.54) is 38.5 Å². The van der Waals surface area contributed by atoms with Gasteiger partial charge in [0.15, 0.2) is 0 Å². The smallest absolute Gasteiger partial charge is 0.407 e. The molecule has 0 saturated carbocycles. The fourth-order valence-corrected chi connectivity index (χ4v) is 1.86. The van der Waals surface area contributed by atoms with Gasteiger partial charge in [-0.15, -0.1) is 0 Å². The summed E-state index contributed by atoms with van der Waals surface area (Å²) in [6, 6.07) is 0. The Morgan fingerprint density at radius 2 is 1.50 bits per heavy atom. The molecular formula is C16H33NO3. The van der Waals surface area contributed by atoms with Crippen molar-refractivity contribution in [1.29, 1.82) is 0 Å². The minimum Gasteiger partial charge on any atom is -0.444 e. The van der Waals surface area contributed by atoms with E-state index in [-0.39, 0.29) is 6.09 Å². The van der Waals surface area contributed by atoms with Crippen molar-refractivity contribution >= 4 is 6.09 Å². The molecule has 120 valence electrons. The van der Waals surface area contributed by atoms with Gasteiger partial charge in [-0.05, 0) is 40.5 Å². The van der Waals surface area contributed by atoms with Gasteiger partial charge < -0.3 is 14.8 Å². The summed E-state index contributed by atoms with van der Waals surface area (Å²) in [5.41, 5.74) is -0.411. The van der Waals surface area contributed by atoms with Crippen LogP contribution in [0, 0.1) is 0 Å². The number of rotatable bonds is 11. The Labute approximate surface area is 124 Å². The highest BCUT2D eigenvalue weighted by Crippen LogP contribution is 2.08. The Balaban J connectivity index is 3.19. The summed E-state index contributed by atoms with van der Waals surface area (Å²) in [6.07, 6.45) is 8.12. The second-order valence-electron chi connectivity index (χ2n) is 6.10. The first kappa shape index (κ1) is 19.2. The van der Waals surface area contributed by atoms with Crippen LogP contribution in [0.1, 0.15) is 72.6 Å². The highest BCUT2D eigenvalue weighted by molar-refractivity contribution is 5.67. The molecule has 4 heteroatoms. The largest absolute Gasteiger partial charge is 0.444 e. The number of amides is 1. The Hall–Kier alpha value is -0.770. The van der Waals surface area contributed by atoms with Gasteiger partial charge in [-0.2, -0.15) is 0 Å². The summed E-state index contributed by atoms with van der Waals surface area (Å²) in [5.74, 6) is 0. The molecule has 0 radical (unpaired) electrons. The average molecular weight is 287 g/mol. The predicted molar refractivity (Wildman–Crippen MR) is 83.0 cm³/mol. The summed E-state index contributed by atoms with van der Waals surface area (Å²) < 4.78 is 10.5. The normalized spacial score (nSPS) is 11.4. The zero-order valence-corrected chi connectivity index (χ0v) is 13.8. The number of hydrogen-bond acceptors (Lipinski definition) is 3. The van der Waals surface area contributed by atoms with Crippen molar-refractivity contribution in [2.24, 2.45) is 0 Å². The Morgan fingerprint density at radius 1 is 0.950 bits per heavy atom. The number of ether oxygens (including phenoxy) is 2. The van der Waals surface area contributed by atoms with E-state index in [1.54, 1.807) is 0 Å². The Bertz CT molecular complexity index is 236. The zero-order valence-electron chi connectivity index (χ0n) is 13.8. The highest BCUT2D eigenvalue weighted by Gasteiger charge is 2.15. The SMILES string of the molecule is CCOCCCCCCCCCNC(=O)OC(C)(C)C. The van der Waals surface area contributed by atoms with Crippen LogP contribution in [0.4, 0.5) is 4.79 Å². The topological polar surface area (TPSA) is 47.6 Å². The first-order valence-corrected chi connectivity index (χ1v) is 8.00. The molecule has 0 aromatic carbocycles. The molecule has 0 aromatic heterocycles. The minimum atomic E-state index is -0.411. The second kappa shape index (κ2) is 12.0. The fraction of sp³-hybridized carbons (Fsp3) is 0.938. The molecule has 0 aliphatic rings. The van der Waals surface area contributed by atoms with Gasteiger partial charge in [0, 0.05) is 19.8 Å². The number of carbonyl (C=O) groups is 1. The molecule has 0 heterocycles. The fourth-order valence-electron chi connectivity index (χ4n) is 1.86. The van der Waals surface area contributed by atoms with Crippen molar-refractivity contribution in [3.05, 3.63) is 0 Å². The summed E-state index contributed by atoms with van der Waals surface area (Å²) >= 11 is 0. The van der Waals surface area contributed by atoms with Gasteiger partial charge in [0.1, 0.15) is 5.60 Å². The molecule has 0 saturated heterocycles. The van der Waals surface area contributed by atoms with E-state index in [2.05, 4.69) is 5.32 Å². The summed E-state index contributed by atoms with van der Waals surface area (Å²) in [6.45, 7) is 10.1. The number of unbranched alkanes of at least 4 members (excludes halogenated alkanes) is 6. The molecule has 1 N–H and O–H groups in total. The van der Waals surface area contributed by atoms with E-state index >= 15 is 0 Å². The highest BCUT2D eigenvalue weighted by atomic mass is 16.6. The van der Waals surface area contributed by atoms with E-state index < -0.39 is 5.60 Å². The number of alkyl carbamates (subject to hydrolysis) is 1. The standard InChI is InChI=1S/C16H33NO3/c1-5-19-14-12-10-8-6-7-9-11-13-17-15(18)20-16(2,3)4/h5-14H2,1-4H3,(H,17,18). The Morgan fingerprint density at radius 3 is 2.05 bits per heavy atom. The van der Waals surface area contributed by atoms with Crippen molar-refractivity contribution in [2.45, 2.75) is 78.2 Å². The van der Waals surface area contributed by atoms with Crippen LogP contribution in [-0.4, -0.2) is 31.5 Å². The van der Waals surface area contributed by atoms with Crippen molar-refractivity contribution in [1.82, 2.24) is 5.32 Å². The number of carbonyl (C=O) groups excluding carboxylic acids is 1. The molecule has 20 heavy (non-hydrogen) atoms. The molecule has 0 bridgehead atoms. The van der Waals surface area contributed by atoms with Crippen LogP contribution in [0.25, 0.3) is 0 Å². The molecule has 4 nitrogen and oxygen atoms in total. The lowest BCUT2D eigenvalue weighted by molar-refractivity contribution is 0.0527. The van der Waals surface area contributed by atoms with E-state index in [0.29, 0.717) is 6.54 Å². The summed E-state index contributed by atoms with van der Waals surface area (Å²) in [4.78, 5) is 11.4. The van der Waals surface area contributed by atoms with Crippen LogP contribution >= 0.6 is 0 Å². The van der Waals surface area contributed by atoms with Gasteiger partial charge in [-0.25, -0.2) is 4.79 Å². The van der Waals surface area contributed by atoms with Gasteiger partial charge in [-0.1, -0.05) is 32.1 Å². The maximum atomic E-state index is 11.4. The van der Waals surface area contributed by atoms with E-state index in [0.717, 1.165) is 19.6 Å². The van der Waals surface area contributed by atoms with E-state index in [4.69, 9.17) is 9.47 Å². The number of nitrogens with one attached hydrogen (secondary N) is 1. The molecule has 0 rings (SSSR count). The molecule has 0 atom stereocenters. The molecule has 0 unspecified atom stereocenters. The van der Waals surface area contributed by atoms with Gasteiger partial charge in [0.25, 0.3) is 0 Å². The van der Waals surface area contributed by atoms with Crippen LogP contribution in [-0.2, 0) is 9.47 Å². The quantitative estimate of drug-likeness (QED) is 0.577. The molecule has 0 spiro atoms. The third-order valence-electron chi connectivity index (χ3n) is 2.84. The lowest BCUT2D eigenvalue weighted by atomic mass is 10.1. The zero-order chi connectivity index (χ0) is 15.3. The number of hydrogen-bond donors (Lipinski definition) is 1. The first-order valence-electron chi connectivity index (χ1n) is 8.00. The summed E-state index contributed by atoms with van der Waals surface area (Å²) in [7, 11) is 0. The maximum Gasteiger partial charge on any atom is 0.407 e. The third kappa shape index (κ3) is 15.3. The van der Waals surface area contributed by atoms with Gasteiger partial charge in [0.2, 0.25) is 0 Å². The van der Waals surface area contributed by atoms with Crippen molar-refractivity contribution in [3.8, 4) is 0 Å². The molecular weight excluding hydrogens is 254 g/mol. The van der Waals surface area contributed by atoms with Gasteiger partial charge in [0.05, 0.1) is 0 Å². The van der Waals surface area contributed by atoms with Crippen LogP contribution in [0.5, 0.6) is 0 Å². The molecule has 0 aliphatic carbocycles. The van der Waals surface area contributed by atoms with Crippen molar-refractivity contribution in [3.63, 3.8) is 0 Å². The molecule has 0 fully saturated rings. The molecule has 0 aromatic rings. The van der Waals surface area contributed by atoms with Gasteiger partial charge >= 0.3 is 6.09 Å². The van der Waals surface area contributed by atoms with E-state index in [1.807, 2.05) is 27.7 Å². The first-order chi connectivity index (χ1) is 9.45. The summed E-state index contributed by atoms with van der Waals surface area (Å²) in [5, 5.41) is 2.79. The maximum absolute atomic E-state index is 11.4. The van der Waals surface area contributed by atoms with Crippen molar-refractivity contribution < 1.29 is 14.3 Å². The lowest BCUT2D eigenvalue weighted by Gasteiger charge is -2.19. The molecule has 1 amide bonds. The monoisotopic (exact) mass is 287 g/mol. The predicted octanol–water partition coefficient (Wildman–Crippen LogP) is 4.28. The van der Waals surface area contributed by atoms with Crippen molar-refractivity contribution in [2.75, 3.05) is 19.8 Å². The van der Waals surface area contributed by atoms with E-state index in [9.17, 15) is 4.79 Å². The van der Waals surface area contributed by atoms with Crippen LogP contribution in [0.15, 0.2) is 0 Å². The third-order valence-corrected chi connectivity index (χ3v) is 2.84.